The maximum Gasteiger partial charge on any atom is 0.310 e. The van der Waals surface area contributed by atoms with Crippen LogP contribution in [-0.2, 0) is 27.6 Å². The van der Waals surface area contributed by atoms with E-state index in [1.807, 2.05) is 10.4 Å². The van der Waals surface area contributed by atoms with Gasteiger partial charge in [-0.1, -0.05) is 25.3 Å². The Hall–Kier alpha value is -1.87. The molecule has 2 saturated carbocycles. The highest BCUT2D eigenvalue weighted by atomic mass is 32.2. The van der Waals surface area contributed by atoms with Crippen molar-refractivity contribution in [2.75, 3.05) is 6.54 Å². The van der Waals surface area contributed by atoms with Crippen LogP contribution in [0.3, 0.4) is 0 Å². The highest BCUT2D eigenvalue weighted by molar-refractivity contribution is 7.89. The normalized spacial score (nSPS) is 24.5. The van der Waals surface area contributed by atoms with Gasteiger partial charge < -0.3 is 15.0 Å². The van der Waals surface area contributed by atoms with E-state index in [0.717, 1.165) is 44.9 Å². The zero-order valence-corrected chi connectivity index (χ0v) is 18.4. The number of benzene rings is 1. The summed E-state index contributed by atoms with van der Waals surface area (Å²) >= 11 is -1.37. The van der Waals surface area contributed by atoms with Crippen LogP contribution in [-0.4, -0.2) is 37.5 Å². The molecule has 2 aliphatic carbocycles. The molecule has 8 heteroatoms. The second-order valence-corrected chi connectivity index (χ2v) is 10.5. The third kappa shape index (κ3) is 3.69. The van der Waals surface area contributed by atoms with Crippen LogP contribution in [0.5, 0.6) is 0 Å². The molecule has 1 aliphatic heterocycles. The third-order valence-electron chi connectivity index (χ3n) is 7.24. The second-order valence-electron chi connectivity index (χ2n) is 9.09. The Morgan fingerprint density at radius 2 is 1.94 bits per heavy atom. The number of ether oxygens (including phenoxy) is 1. The Balaban J connectivity index is 1.37. The predicted molar refractivity (Wildman–Crippen MR) is 119 cm³/mol. The molecule has 1 spiro atoms. The first kappa shape index (κ1) is 21.0. The number of pyridine rings is 1. The molecular weight excluding hydrogens is 414 g/mol. The van der Waals surface area contributed by atoms with Crippen LogP contribution in [0, 0.1) is 5.92 Å². The van der Waals surface area contributed by atoms with E-state index in [-0.39, 0.29) is 35.8 Å². The number of rotatable bonds is 5. The highest BCUT2D eigenvalue weighted by Crippen LogP contribution is 2.51. The lowest BCUT2D eigenvalue weighted by Gasteiger charge is -2.27. The maximum absolute atomic E-state index is 13.5. The van der Waals surface area contributed by atoms with Crippen molar-refractivity contribution < 1.29 is 14.1 Å². The number of nitrogens with two attached hydrogens (primary N) is 1. The summed E-state index contributed by atoms with van der Waals surface area (Å²) in [6.45, 7) is 0.611. The van der Waals surface area contributed by atoms with E-state index in [1.54, 1.807) is 24.4 Å². The van der Waals surface area contributed by atoms with Gasteiger partial charge in [0.1, 0.15) is 0 Å². The number of aromatic nitrogens is 1. The first-order valence-electron chi connectivity index (χ1n) is 11.3. The summed E-state index contributed by atoms with van der Waals surface area (Å²) in [7, 11) is 0. The molecule has 2 N–H and O–H groups in total. The van der Waals surface area contributed by atoms with Crippen molar-refractivity contribution in [3.63, 3.8) is 0 Å². The van der Waals surface area contributed by atoms with Crippen molar-refractivity contribution in [3.05, 3.63) is 40.8 Å². The topological polar surface area (TPSA) is 101 Å². The molecule has 0 amide bonds. The second kappa shape index (κ2) is 8.24. The van der Waals surface area contributed by atoms with Crippen LogP contribution in [0.15, 0.2) is 40.2 Å². The average Bonchev–Trinajstić information content (AvgIpc) is 3.53. The summed E-state index contributed by atoms with van der Waals surface area (Å²) in [6.07, 6.45) is 9.43. The number of nitrogens with zero attached hydrogens (tertiary/aromatic N) is 2. The minimum Gasteiger partial charge on any atom is -0.593 e. The maximum atomic E-state index is 13.5. The molecule has 31 heavy (non-hydrogen) atoms. The molecule has 1 saturated heterocycles. The Bertz CT molecular complexity index is 1040. The molecule has 166 valence electrons. The zero-order chi connectivity index (χ0) is 21.6. The van der Waals surface area contributed by atoms with E-state index in [0.29, 0.717) is 22.2 Å². The molecule has 5 rings (SSSR count). The van der Waals surface area contributed by atoms with Crippen molar-refractivity contribution in [1.29, 1.82) is 0 Å². The van der Waals surface area contributed by atoms with Crippen LogP contribution in [0.2, 0.25) is 0 Å². The van der Waals surface area contributed by atoms with Gasteiger partial charge in [0.05, 0.1) is 28.2 Å². The van der Waals surface area contributed by atoms with Crippen LogP contribution in [0.1, 0.15) is 51.4 Å². The van der Waals surface area contributed by atoms with E-state index in [9.17, 15) is 14.1 Å². The van der Waals surface area contributed by atoms with Gasteiger partial charge in [-0.25, -0.2) is 0 Å². The SMILES string of the molecule is NC1CCN([S+]([O-])c2cccc3c(=O)n(COC(=O)C4CCCCC4)ccc23)C12CC2. The largest absolute Gasteiger partial charge is 0.593 e. The van der Waals surface area contributed by atoms with Crippen LogP contribution in [0.25, 0.3) is 10.8 Å². The number of hydrogen-bond acceptors (Lipinski definition) is 6. The van der Waals surface area contributed by atoms with Gasteiger partial charge in [-0.3, -0.25) is 14.2 Å². The smallest absolute Gasteiger partial charge is 0.310 e. The minimum atomic E-state index is -1.37. The third-order valence-corrected chi connectivity index (χ3v) is 8.92. The fraction of sp³-hybridized carbons (Fsp3) is 0.565. The van der Waals surface area contributed by atoms with Crippen LogP contribution in [0.4, 0.5) is 0 Å². The number of esters is 1. The summed E-state index contributed by atoms with van der Waals surface area (Å²) in [5.41, 5.74) is 5.89. The van der Waals surface area contributed by atoms with E-state index in [2.05, 4.69) is 0 Å². The van der Waals surface area contributed by atoms with Gasteiger partial charge in [-0.2, -0.15) is 0 Å². The number of hydrogen-bond donors (Lipinski definition) is 1. The molecule has 3 fully saturated rings. The van der Waals surface area contributed by atoms with Gasteiger partial charge in [-0.15, -0.1) is 4.31 Å². The van der Waals surface area contributed by atoms with Crippen molar-refractivity contribution in [3.8, 4) is 0 Å². The lowest BCUT2D eigenvalue weighted by Crippen LogP contribution is -2.44. The molecule has 1 aromatic carbocycles. The molecule has 2 atom stereocenters. The quantitative estimate of drug-likeness (QED) is 0.563. The fourth-order valence-electron chi connectivity index (χ4n) is 5.18. The van der Waals surface area contributed by atoms with Crippen molar-refractivity contribution in [2.45, 2.75) is 74.6 Å². The van der Waals surface area contributed by atoms with E-state index in [4.69, 9.17) is 10.5 Å². The molecule has 7 nitrogen and oxygen atoms in total. The van der Waals surface area contributed by atoms with E-state index >= 15 is 0 Å². The number of carbonyl (C=O) groups excluding carboxylic acids is 1. The number of carbonyl (C=O) groups is 1. The minimum absolute atomic E-state index is 0.0551. The zero-order valence-electron chi connectivity index (χ0n) is 17.6. The van der Waals surface area contributed by atoms with Gasteiger partial charge in [0, 0.05) is 24.2 Å². The van der Waals surface area contributed by atoms with E-state index < -0.39 is 11.4 Å². The van der Waals surface area contributed by atoms with Crippen molar-refractivity contribution in [2.24, 2.45) is 11.7 Å². The van der Waals surface area contributed by atoms with Gasteiger partial charge in [0.2, 0.25) is 0 Å². The summed E-state index contributed by atoms with van der Waals surface area (Å²) in [5.74, 6) is -0.276. The number of fused-ring (bicyclic) bond motifs is 1. The Labute approximate surface area is 184 Å². The monoisotopic (exact) mass is 443 g/mol. The molecule has 0 radical (unpaired) electrons. The summed E-state index contributed by atoms with van der Waals surface area (Å²) < 4.78 is 22.3. The Kier molecular flexibility index (Phi) is 5.58. The van der Waals surface area contributed by atoms with Gasteiger partial charge in [0.25, 0.3) is 5.56 Å². The van der Waals surface area contributed by atoms with Gasteiger partial charge >= 0.3 is 5.97 Å². The average molecular weight is 444 g/mol. The molecule has 2 heterocycles. The van der Waals surface area contributed by atoms with Gasteiger partial charge in [0.15, 0.2) is 11.6 Å². The summed E-state index contributed by atoms with van der Waals surface area (Å²) in [4.78, 5) is 26.0. The molecule has 2 unspecified atom stereocenters. The highest BCUT2D eigenvalue weighted by Gasteiger charge is 2.61. The molecular formula is C23H29N3O4S. The first-order valence-corrected chi connectivity index (χ1v) is 12.4. The Morgan fingerprint density at radius 1 is 1.16 bits per heavy atom. The molecule has 0 bridgehead atoms. The van der Waals surface area contributed by atoms with Gasteiger partial charge in [-0.05, 0) is 50.3 Å². The lowest BCUT2D eigenvalue weighted by atomic mass is 9.89. The van der Waals surface area contributed by atoms with Crippen LogP contribution >= 0.6 is 0 Å². The molecule has 3 aliphatic rings. The van der Waals surface area contributed by atoms with Crippen molar-refractivity contribution >= 4 is 28.1 Å². The summed E-state index contributed by atoms with van der Waals surface area (Å²) in [6, 6.07) is 7.19. The summed E-state index contributed by atoms with van der Waals surface area (Å²) in [5, 5.41) is 1.16. The molecule has 1 aromatic heterocycles. The standard InChI is InChI=1S/C23H29N3O4S/c24-20-10-14-26(23(20)11-12-23)31(29)19-8-4-7-18-17(19)9-13-25(21(18)27)15-30-22(28)16-5-2-1-3-6-16/h4,7-9,13,16,20H,1-3,5-6,10-12,14-15,24H2. The van der Waals surface area contributed by atoms with Crippen LogP contribution < -0.4 is 11.3 Å². The lowest BCUT2D eigenvalue weighted by molar-refractivity contribution is -0.153. The Morgan fingerprint density at radius 3 is 2.68 bits per heavy atom. The predicted octanol–water partition coefficient (Wildman–Crippen LogP) is 2.67. The van der Waals surface area contributed by atoms with Crippen molar-refractivity contribution in [1.82, 2.24) is 8.87 Å². The first-order chi connectivity index (χ1) is 15.0. The fourth-order valence-corrected chi connectivity index (χ4v) is 6.90. The van der Waals surface area contributed by atoms with E-state index in [1.165, 1.54) is 11.0 Å². The molecule has 2 aromatic rings.